The van der Waals surface area contributed by atoms with Crippen LogP contribution >= 0.6 is 0 Å². The van der Waals surface area contributed by atoms with Crippen LogP contribution in [0, 0.1) is 0 Å². The molecular formula is C10H17N3O. The number of carbonyl (C=O) groups excluding carboxylic acids is 1. The van der Waals surface area contributed by atoms with E-state index in [9.17, 15) is 4.79 Å². The molecule has 1 aromatic rings. The highest BCUT2D eigenvalue weighted by Crippen LogP contribution is 2.03. The fourth-order valence-corrected chi connectivity index (χ4v) is 1.27. The highest BCUT2D eigenvalue weighted by molar-refractivity contribution is 5.80. The van der Waals surface area contributed by atoms with E-state index in [1.54, 1.807) is 10.9 Å². The summed E-state index contributed by atoms with van der Waals surface area (Å²) in [5.74, 6) is 0.232. The molecule has 4 nitrogen and oxygen atoms in total. The van der Waals surface area contributed by atoms with Crippen molar-refractivity contribution >= 4 is 5.78 Å². The average Bonchev–Trinajstić information content (AvgIpc) is 2.48. The van der Waals surface area contributed by atoms with Gasteiger partial charge >= 0.3 is 0 Å². The van der Waals surface area contributed by atoms with Gasteiger partial charge in [0.25, 0.3) is 0 Å². The van der Waals surface area contributed by atoms with E-state index in [1.165, 1.54) is 0 Å². The zero-order chi connectivity index (χ0) is 10.6. The van der Waals surface area contributed by atoms with Crippen LogP contribution in [0.25, 0.3) is 0 Å². The van der Waals surface area contributed by atoms with Gasteiger partial charge in [-0.1, -0.05) is 0 Å². The largest absolute Gasteiger partial charge is 0.328 e. The van der Waals surface area contributed by atoms with Crippen LogP contribution in [0.3, 0.4) is 0 Å². The number of aryl methyl sites for hydroxylation is 1. The molecule has 78 valence electrons. The summed E-state index contributed by atoms with van der Waals surface area (Å²) in [5, 5.41) is 4.00. The second-order valence-corrected chi connectivity index (χ2v) is 3.75. The maximum Gasteiger partial charge on any atom is 0.137 e. The normalized spacial score (nSPS) is 12.8. The van der Waals surface area contributed by atoms with E-state index in [-0.39, 0.29) is 11.8 Å². The van der Waals surface area contributed by atoms with E-state index in [0.717, 1.165) is 12.0 Å². The Bertz CT molecular complexity index is 304. The molecule has 0 aromatic carbocycles. The lowest BCUT2D eigenvalue weighted by atomic mass is 10.1. The summed E-state index contributed by atoms with van der Waals surface area (Å²) >= 11 is 0. The van der Waals surface area contributed by atoms with Crippen molar-refractivity contribution in [3.8, 4) is 0 Å². The molecule has 4 heteroatoms. The van der Waals surface area contributed by atoms with Crippen LogP contribution < -0.4 is 5.73 Å². The summed E-state index contributed by atoms with van der Waals surface area (Å²) in [5.41, 5.74) is 6.54. The summed E-state index contributed by atoms with van der Waals surface area (Å²) in [6.07, 6.45) is 5.39. The quantitative estimate of drug-likeness (QED) is 0.750. The highest BCUT2D eigenvalue weighted by Gasteiger charge is 2.06. The van der Waals surface area contributed by atoms with E-state index < -0.39 is 0 Å². The summed E-state index contributed by atoms with van der Waals surface area (Å²) in [4.78, 5) is 11.4. The van der Waals surface area contributed by atoms with Gasteiger partial charge in [0, 0.05) is 32.1 Å². The summed E-state index contributed by atoms with van der Waals surface area (Å²) < 4.78 is 1.70. The van der Waals surface area contributed by atoms with Gasteiger partial charge in [0.2, 0.25) is 0 Å². The molecule has 14 heavy (non-hydrogen) atoms. The molecule has 1 rings (SSSR count). The standard InChI is InChI=1S/C10H17N3O/c1-8(11)3-4-10(14)5-9-6-12-13(2)7-9/h6-8H,3-5,11H2,1-2H3. The highest BCUT2D eigenvalue weighted by atomic mass is 16.1. The molecule has 0 spiro atoms. The third-order valence-electron chi connectivity index (χ3n) is 2.04. The molecule has 1 aromatic heterocycles. The van der Waals surface area contributed by atoms with Crippen molar-refractivity contribution in [3.63, 3.8) is 0 Å². The number of hydrogen-bond donors (Lipinski definition) is 1. The number of nitrogens with zero attached hydrogens (tertiary/aromatic N) is 2. The third kappa shape index (κ3) is 3.70. The second kappa shape index (κ2) is 4.91. The first-order valence-electron chi connectivity index (χ1n) is 4.82. The van der Waals surface area contributed by atoms with Crippen molar-refractivity contribution in [1.29, 1.82) is 0 Å². The number of hydrogen-bond acceptors (Lipinski definition) is 3. The molecule has 0 fully saturated rings. The third-order valence-corrected chi connectivity index (χ3v) is 2.04. The Kier molecular flexibility index (Phi) is 3.83. The van der Waals surface area contributed by atoms with Gasteiger partial charge < -0.3 is 5.73 Å². The fraction of sp³-hybridized carbons (Fsp3) is 0.600. The van der Waals surface area contributed by atoms with E-state index in [0.29, 0.717) is 12.8 Å². The number of carbonyl (C=O) groups is 1. The van der Waals surface area contributed by atoms with Gasteiger partial charge in [-0.2, -0.15) is 5.10 Å². The number of Topliss-reactive ketones (excluding diaryl/α,β-unsaturated/α-hetero) is 1. The summed E-state index contributed by atoms with van der Waals surface area (Å²) in [7, 11) is 1.84. The predicted molar refractivity (Wildman–Crippen MR) is 54.8 cm³/mol. The van der Waals surface area contributed by atoms with E-state index in [2.05, 4.69) is 5.10 Å². The summed E-state index contributed by atoms with van der Waals surface area (Å²) in [6.45, 7) is 1.91. The van der Waals surface area contributed by atoms with Crippen LogP contribution in [0.5, 0.6) is 0 Å². The average molecular weight is 195 g/mol. The second-order valence-electron chi connectivity index (χ2n) is 3.75. The molecule has 1 unspecified atom stereocenters. The van der Waals surface area contributed by atoms with Crippen LogP contribution in [0.1, 0.15) is 25.3 Å². The van der Waals surface area contributed by atoms with Gasteiger partial charge in [-0.3, -0.25) is 9.48 Å². The Morgan fingerprint density at radius 1 is 1.71 bits per heavy atom. The Morgan fingerprint density at radius 2 is 2.43 bits per heavy atom. The molecule has 0 saturated heterocycles. The predicted octanol–water partition coefficient (Wildman–Crippen LogP) is 0.659. The van der Waals surface area contributed by atoms with Crippen LogP contribution in [-0.4, -0.2) is 21.6 Å². The summed E-state index contributed by atoms with van der Waals surface area (Å²) in [6, 6.07) is 0.104. The zero-order valence-electron chi connectivity index (χ0n) is 8.73. The number of rotatable bonds is 5. The van der Waals surface area contributed by atoms with Crippen molar-refractivity contribution in [1.82, 2.24) is 9.78 Å². The van der Waals surface area contributed by atoms with E-state index in [4.69, 9.17) is 5.73 Å². The first-order chi connectivity index (χ1) is 6.58. The number of ketones is 1. The maximum absolute atomic E-state index is 11.4. The van der Waals surface area contributed by atoms with Gasteiger partial charge in [0.05, 0.1) is 6.20 Å². The van der Waals surface area contributed by atoms with Crippen LogP contribution in [0.4, 0.5) is 0 Å². The lowest BCUT2D eigenvalue weighted by Gasteiger charge is -2.02. The molecule has 1 heterocycles. The van der Waals surface area contributed by atoms with Crippen molar-refractivity contribution in [2.45, 2.75) is 32.2 Å². The first-order valence-corrected chi connectivity index (χ1v) is 4.82. The first kappa shape index (κ1) is 10.9. The lowest BCUT2D eigenvalue weighted by Crippen LogP contribution is -2.16. The number of nitrogens with two attached hydrogens (primary N) is 1. The van der Waals surface area contributed by atoms with Crippen LogP contribution in [-0.2, 0) is 18.3 Å². The molecule has 0 aliphatic rings. The molecule has 0 bridgehead atoms. The van der Waals surface area contributed by atoms with Crippen LogP contribution in [0.2, 0.25) is 0 Å². The molecular weight excluding hydrogens is 178 g/mol. The smallest absolute Gasteiger partial charge is 0.137 e. The van der Waals surface area contributed by atoms with Gasteiger partial charge in [0.15, 0.2) is 0 Å². The molecule has 0 saturated carbocycles. The van der Waals surface area contributed by atoms with Crippen LogP contribution in [0.15, 0.2) is 12.4 Å². The minimum absolute atomic E-state index is 0.104. The molecule has 0 aliphatic carbocycles. The van der Waals surface area contributed by atoms with E-state index >= 15 is 0 Å². The SMILES string of the molecule is CC(N)CCC(=O)Cc1cnn(C)c1. The van der Waals surface area contributed by atoms with Gasteiger partial charge in [0.1, 0.15) is 5.78 Å². The Balaban J connectivity index is 2.34. The Morgan fingerprint density at radius 3 is 2.93 bits per heavy atom. The van der Waals surface area contributed by atoms with Crippen molar-refractivity contribution in [2.75, 3.05) is 0 Å². The fourth-order valence-electron chi connectivity index (χ4n) is 1.27. The molecule has 0 aliphatic heterocycles. The Labute approximate surface area is 84.1 Å². The maximum atomic E-state index is 11.4. The van der Waals surface area contributed by atoms with Gasteiger partial charge in [-0.05, 0) is 18.9 Å². The Hall–Kier alpha value is -1.16. The number of aromatic nitrogens is 2. The minimum atomic E-state index is 0.104. The monoisotopic (exact) mass is 195 g/mol. The van der Waals surface area contributed by atoms with Crippen molar-refractivity contribution in [2.24, 2.45) is 12.8 Å². The molecule has 2 N–H and O–H groups in total. The van der Waals surface area contributed by atoms with E-state index in [1.807, 2.05) is 20.2 Å². The van der Waals surface area contributed by atoms with Gasteiger partial charge in [-0.25, -0.2) is 0 Å². The van der Waals surface area contributed by atoms with Crippen molar-refractivity contribution < 1.29 is 4.79 Å². The lowest BCUT2D eigenvalue weighted by molar-refractivity contribution is -0.118. The van der Waals surface area contributed by atoms with Crippen molar-refractivity contribution in [3.05, 3.63) is 18.0 Å². The minimum Gasteiger partial charge on any atom is -0.328 e. The molecule has 0 amide bonds. The van der Waals surface area contributed by atoms with Gasteiger partial charge in [-0.15, -0.1) is 0 Å². The zero-order valence-corrected chi connectivity index (χ0v) is 8.73. The topological polar surface area (TPSA) is 60.9 Å². The molecule has 1 atom stereocenters. The molecule has 0 radical (unpaired) electrons.